The van der Waals surface area contributed by atoms with E-state index in [1.807, 2.05) is 25.1 Å². The van der Waals surface area contributed by atoms with Gasteiger partial charge in [0.1, 0.15) is 5.75 Å². The summed E-state index contributed by atoms with van der Waals surface area (Å²) in [6.07, 6.45) is -0.570. The first-order chi connectivity index (χ1) is 11.6. The highest BCUT2D eigenvalue weighted by Crippen LogP contribution is 2.33. The molecule has 2 aliphatic heterocycles. The molecular weight excluding hydrogens is 310 g/mol. The van der Waals surface area contributed by atoms with Crippen molar-refractivity contribution in [3.63, 3.8) is 0 Å². The van der Waals surface area contributed by atoms with E-state index in [0.717, 1.165) is 13.1 Å². The summed E-state index contributed by atoms with van der Waals surface area (Å²) in [7, 11) is 1.56. The number of ether oxygens (including phenoxy) is 2. The smallest absolute Gasteiger partial charge is 0.262 e. The average molecular weight is 333 g/mol. The Kier molecular flexibility index (Phi) is 5.01. The highest BCUT2D eigenvalue weighted by molar-refractivity contribution is 5.98. The van der Waals surface area contributed by atoms with Gasteiger partial charge in [0.25, 0.3) is 5.91 Å². The Labute approximate surface area is 141 Å². The normalized spacial score (nSPS) is 24.0. The number of amides is 2. The lowest BCUT2D eigenvalue weighted by Crippen LogP contribution is -2.53. The van der Waals surface area contributed by atoms with Crippen molar-refractivity contribution in [2.45, 2.75) is 19.1 Å². The Morgan fingerprint density at radius 1 is 1.29 bits per heavy atom. The predicted molar refractivity (Wildman–Crippen MR) is 89.1 cm³/mol. The van der Waals surface area contributed by atoms with Crippen LogP contribution >= 0.6 is 0 Å². The molecule has 0 unspecified atom stereocenters. The number of hydrogen-bond donors (Lipinski definition) is 1. The number of likely N-dealkylation sites (N-methyl/N-ethyl adjacent to an activating group) is 1. The summed E-state index contributed by atoms with van der Waals surface area (Å²) in [6, 6.07) is 7.31. The van der Waals surface area contributed by atoms with Gasteiger partial charge in [-0.3, -0.25) is 14.5 Å². The molecule has 1 aromatic rings. The fourth-order valence-corrected chi connectivity index (χ4v) is 3.08. The molecule has 1 aromatic carbocycles. The summed E-state index contributed by atoms with van der Waals surface area (Å²) in [5.74, 6) is 0.289. The van der Waals surface area contributed by atoms with Crippen LogP contribution < -0.4 is 15.0 Å². The maximum Gasteiger partial charge on any atom is 0.262 e. The van der Waals surface area contributed by atoms with Gasteiger partial charge >= 0.3 is 0 Å². The molecule has 1 N–H and O–H groups in total. The number of nitrogens with zero attached hydrogens (tertiary/aromatic N) is 2. The topological polar surface area (TPSA) is 71.1 Å². The van der Waals surface area contributed by atoms with E-state index in [2.05, 4.69) is 10.2 Å². The Morgan fingerprint density at radius 2 is 2.08 bits per heavy atom. The summed E-state index contributed by atoms with van der Waals surface area (Å²) in [5, 5.41) is 2.58. The van der Waals surface area contributed by atoms with Gasteiger partial charge in [0.15, 0.2) is 6.10 Å². The molecule has 1 saturated heterocycles. The second-order valence-corrected chi connectivity index (χ2v) is 6.11. The van der Waals surface area contributed by atoms with Gasteiger partial charge in [-0.2, -0.15) is 0 Å². The first kappa shape index (κ1) is 16.7. The van der Waals surface area contributed by atoms with E-state index in [1.54, 1.807) is 18.0 Å². The van der Waals surface area contributed by atoms with Crippen LogP contribution in [0.5, 0.6) is 5.75 Å². The fraction of sp³-hybridized carbons (Fsp3) is 0.529. The standard InChI is InChI=1S/C17H23N3O4/c1-12-9-19(7-8-23-12)11-16(21)20-10-15(17(22)18-2)24-14-6-4-3-5-13(14)20/h3-6,12,15H,7-11H2,1-2H3,(H,18,22)/t12-,15+/m0/s1. The highest BCUT2D eigenvalue weighted by Gasteiger charge is 2.34. The Bertz CT molecular complexity index is 622. The second kappa shape index (κ2) is 7.19. The Hall–Kier alpha value is -2.12. The first-order valence-electron chi connectivity index (χ1n) is 8.20. The number of morpholine rings is 1. The SMILES string of the molecule is CNC(=O)[C@H]1CN(C(=O)CN2CCO[C@@H](C)C2)c2ccccc2O1. The zero-order chi connectivity index (χ0) is 17.1. The number of benzene rings is 1. The van der Waals surface area contributed by atoms with E-state index in [-0.39, 0.29) is 24.5 Å². The predicted octanol–water partition coefficient (Wildman–Crippen LogP) is 0.247. The molecule has 2 amide bonds. The number of fused-ring (bicyclic) bond motifs is 1. The van der Waals surface area contributed by atoms with Gasteiger partial charge in [-0.05, 0) is 19.1 Å². The van der Waals surface area contributed by atoms with Gasteiger partial charge in [-0.1, -0.05) is 12.1 Å². The van der Waals surface area contributed by atoms with Crippen molar-refractivity contribution >= 4 is 17.5 Å². The van der Waals surface area contributed by atoms with Crippen LogP contribution in [0.4, 0.5) is 5.69 Å². The van der Waals surface area contributed by atoms with Crippen LogP contribution in [0.25, 0.3) is 0 Å². The van der Waals surface area contributed by atoms with Gasteiger partial charge in [-0.15, -0.1) is 0 Å². The van der Waals surface area contributed by atoms with E-state index in [4.69, 9.17) is 9.47 Å². The molecule has 0 bridgehead atoms. The van der Waals surface area contributed by atoms with Crippen molar-refractivity contribution in [3.05, 3.63) is 24.3 Å². The van der Waals surface area contributed by atoms with Gasteiger partial charge in [-0.25, -0.2) is 0 Å². The van der Waals surface area contributed by atoms with Crippen molar-refractivity contribution in [3.8, 4) is 5.75 Å². The summed E-state index contributed by atoms with van der Waals surface area (Å²) in [4.78, 5) is 28.6. The second-order valence-electron chi connectivity index (χ2n) is 6.11. The Balaban J connectivity index is 1.77. The number of carbonyl (C=O) groups is 2. The van der Waals surface area contributed by atoms with Gasteiger partial charge in [0.05, 0.1) is 31.5 Å². The number of para-hydroxylation sites is 2. The fourth-order valence-electron chi connectivity index (χ4n) is 3.08. The molecule has 0 radical (unpaired) electrons. The number of nitrogens with one attached hydrogen (secondary N) is 1. The van der Waals surface area contributed by atoms with Crippen LogP contribution in [0, 0.1) is 0 Å². The highest BCUT2D eigenvalue weighted by atomic mass is 16.5. The molecule has 2 atom stereocenters. The van der Waals surface area contributed by atoms with Crippen LogP contribution in [0.15, 0.2) is 24.3 Å². The van der Waals surface area contributed by atoms with Crippen LogP contribution in [-0.4, -0.2) is 68.8 Å². The molecule has 0 aromatic heterocycles. The largest absolute Gasteiger partial charge is 0.477 e. The number of carbonyl (C=O) groups excluding carboxylic acids is 2. The third-order valence-electron chi connectivity index (χ3n) is 4.30. The van der Waals surface area contributed by atoms with Crippen molar-refractivity contribution in [1.82, 2.24) is 10.2 Å². The van der Waals surface area contributed by atoms with Gasteiger partial charge < -0.3 is 19.7 Å². The third-order valence-corrected chi connectivity index (χ3v) is 4.30. The maximum atomic E-state index is 12.8. The van der Waals surface area contributed by atoms with E-state index >= 15 is 0 Å². The van der Waals surface area contributed by atoms with Gasteiger partial charge in [0.2, 0.25) is 5.91 Å². The quantitative estimate of drug-likeness (QED) is 0.858. The maximum absolute atomic E-state index is 12.8. The average Bonchev–Trinajstić information content (AvgIpc) is 2.60. The first-order valence-corrected chi connectivity index (χ1v) is 8.20. The van der Waals surface area contributed by atoms with E-state index in [9.17, 15) is 9.59 Å². The van der Waals surface area contributed by atoms with Crippen LogP contribution in [0.3, 0.4) is 0 Å². The minimum Gasteiger partial charge on any atom is -0.477 e. The zero-order valence-corrected chi connectivity index (χ0v) is 14.0. The van der Waals surface area contributed by atoms with Crippen molar-refractivity contribution < 1.29 is 19.1 Å². The summed E-state index contributed by atoms with van der Waals surface area (Å²) < 4.78 is 11.2. The molecule has 7 nitrogen and oxygen atoms in total. The van der Waals surface area contributed by atoms with Crippen molar-refractivity contribution in [2.24, 2.45) is 0 Å². The van der Waals surface area contributed by atoms with E-state index < -0.39 is 6.10 Å². The molecule has 0 saturated carbocycles. The van der Waals surface area contributed by atoms with Crippen LogP contribution in [0.2, 0.25) is 0 Å². The zero-order valence-electron chi connectivity index (χ0n) is 14.0. The lowest BCUT2D eigenvalue weighted by molar-refractivity contribution is -0.128. The van der Waals surface area contributed by atoms with Crippen LogP contribution in [-0.2, 0) is 14.3 Å². The van der Waals surface area contributed by atoms with Crippen molar-refractivity contribution in [1.29, 1.82) is 0 Å². The summed E-state index contributed by atoms with van der Waals surface area (Å²) in [6.45, 7) is 4.63. The molecule has 2 aliphatic rings. The molecule has 2 heterocycles. The number of rotatable bonds is 3. The van der Waals surface area contributed by atoms with Crippen molar-refractivity contribution in [2.75, 3.05) is 44.7 Å². The molecule has 24 heavy (non-hydrogen) atoms. The monoisotopic (exact) mass is 333 g/mol. The Morgan fingerprint density at radius 3 is 2.83 bits per heavy atom. The minimum atomic E-state index is -0.697. The van der Waals surface area contributed by atoms with Crippen LogP contribution in [0.1, 0.15) is 6.92 Å². The number of hydrogen-bond acceptors (Lipinski definition) is 5. The molecular formula is C17H23N3O4. The number of anilines is 1. The molecule has 130 valence electrons. The third kappa shape index (κ3) is 3.52. The molecule has 7 heteroatoms. The molecule has 3 rings (SSSR count). The lowest BCUT2D eigenvalue weighted by atomic mass is 10.1. The van der Waals surface area contributed by atoms with E-state index in [0.29, 0.717) is 24.6 Å². The lowest BCUT2D eigenvalue weighted by Gasteiger charge is -2.36. The molecule has 0 aliphatic carbocycles. The summed E-state index contributed by atoms with van der Waals surface area (Å²) >= 11 is 0. The summed E-state index contributed by atoms with van der Waals surface area (Å²) in [5.41, 5.74) is 0.712. The molecule has 1 fully saturated rings. The van der Waals surface area contributed by atoms with Gasteiger partial charge in [0, 0.05) is 20.1 Å². The van der Waals surface area contributed by atoms with E-state index in [1.165, 1.54) is 0 Å². The minimum absolute atomic E-state index is 0.0336. The molecule has 0 spiro atoms.